The van der Waals surface area contributed by atoms with Crippen LogP contribution in [-0.2, 0) is 11.2 Å². The number of aromatic nitrogens is 1. The molecular formula is C18H21N3O. The summed E-state index contributed by atoms with van der Waals surface area (Å²) in [5.41, 5.74) is 2.38. The average molecular weight is 295 g/mol. The van der Waals surface area contributed by atoms with Gasteiger partial charge in [-0.05, 0) is 23.6 Å². The number of benzene rings is 1. The molecule has 114 valence electrons. The van der Waals surface area contributed by atoms with E-state index in [2.05, 4.69) is 33.8 Å². The molecule has 1 aliphatic rings. The van der Waals surface area contributed by atoms with E-state index in [4.69, 9.17) is 0 Å². The van der Waals surface area contributed by atoms with Crippen LogP contribution in [0.1, 0.15) is 17.0 Å². The molecule has 0 radical (unpaired) electrons. The Kier molecular flexibility index (Phi) is 4.81. The molecule has 1 aromatic heterocycles. The van der Waals surface area contributed by atoms with Gasteiger partial charge in [-0.15, -0.1) is 0 Å². The van der Waals surface area contributed by atoms with Crippen molar-refractivity contribution in [3.05, 3.63) is 66.0 Å². The summed E-state index contributed by atoms with van der Waals surface area (Å²) in [7, 11) is 0. The van der Waals surface area contributed by atoms with Gasteiger partial charge in [-0.25, -0.2) is 0 Å². The van der Waals surface area contributed by atoms with Crippen molar-refractivity contribution in [1.29, 1.82) is 0 Å². The van der Waals surface area contributed by atoms with Crippen LogP contribution >= 0.6 is 0 Å². The van der Waals surface area contributed by atoms with E-state index in [9.17, 15) is 4.79 Å². The topological polar surface area (TPSA) is 54.0 Å². The van der Waals surface area contributed by atoms with Gasteiger partial charge < -0.3 is 10.6 Å². The van der Waals surface area contributed by atoms with E-state index in [1.807, 2.05) is 30.5 Å². The van der Waals surface area contributed by atoms with Gasteiger partial charge in [0.25, 0.3) is 0 Å². The Hall–Kier alpha value is -2.20. The van der Waals surface area contributed by atoms with E-state index >= 15 is 0 Å². The Morgan fingerprint density at radius 2 is 2.05 bits per heavy atom. The fraction of sp³-hybridized carbons (Fsp3) is 0.333. The lowest BCUT2D eigenvalue weighted by Crippen LogP contribution is -2.35. The molecule has 1 amide bonds. The van der Waals surface area contributed by atoms with Crippen LogP contribution in [0.3, 0.4) is 0 Å². The van der Waals surface area contributed by atoms with Crippen LogP contribution in [0.15, 0.2) is 54.9 Å². The molecular weight excluding hydrogens is 274 g/mol. The lowest BCUT2D eigenvalue weighted by Gasteiger charge is -2.18. The molecule has 1 aliphatic heterocycles. The SMILES string of the molecule is O=C(NCCc1ccccc1)[C@@H]1CNC[C@H]1c1cccnc1. The minimum absolute atomic E-state index is 0.0139. The highest BCUT2D eigenvalue weighted by Crippen LogP contribution is 2.27. The number of amides is 1. The highest BCUT2D eigenvalue weighted by atomic mass is 16.1. The van der Waals surface area contributed by atoms with Gasteiger partial charge in [0.05, 0.1) is 5.92 Å². The quantitative estimate of drug-likeness (QED) is 0.883. The second-order valence-electron chi connectivity index (χ2n) is 5.68. The maximum absolute atomic E-state index is 12.4. The molecule has 2 heterocycles. The van der Waals surface area contributed by atoms with Crippen molar-refractivity contribution in [3.8, 4) is 0 Å². The Bertz CT molecular complexity index is 600. The molecule has 1 fully saturated rings. The third-order valence-corrected chi connectivity index (χ3v) is 4.22. The van der Waals surface area contributed by atoms with Crippen LogP contribution in [0.4, 0.5) is 0 Å². The Morgan fingerprint density at radius 3 is 2.82 bits per heavy atom. The Labute approximate surface area is 131 Å². The van der Waals surface area contributed by atoms with E-state index in [1.165, 1.54) is 5.56 Å². The summed E-state index contributed by atoms with van der Waals surface area (Å²) < 4.78 is 0. The number of hydrogen-bond acceptors (Lipinski definition) is 3. The summed E-state index contributed by atoms with van der Waals surface area (Å²) in [4.78, 5) is 16.6. The van der Waals surface area contributed by atoms with Gasteiger partial charge in [0.15, 0.2) is 0 Å². The fourth-order valence-corrected chi connectivity index (χ4v) is 3.01. The number of carbonyl (C=O) groups is 1. The standard InChI is InChI=1S/C18H21N3O/c22-18(21-10-8-14-5-2-1-3-6-14)17-13-20-12-16(17)15-7-4-9-19-11-15/h1-7,9,11,16-17,20H,8,10,12-13H2,(H,21,22)/t16-,17+/m0/s1. The van der Waals surface area contributed by atoms with E-state index in [0.29, 0.717) is 6.54 Å². The van der Waals surface area contributed by atoms with Crippen molar-refractivity contribution >= 4 is 5.91 Å². The zero-order chi connectivity index (χ0) is 15.2. The van der Waals surface area contributed by atoms with Crippen molar-refractivity contribution in [2.24, 2.45) is 5.92 Å². The van der Waals surface area contributed by atoms with Gasteiger partial charge in [-0.3, -0.25) is 9.78 Å². The average Bonchev–Trinajstić information content (AvgIpc) is 3.06. The third-order valence-electron chi connectivity index (χ3n) is 4.22. The molecule has 2 aromatic rings. The van der Waals surface area contributed by atoms with Gasteiger partial charge in [0, 0.05) is 37.9 Å². The molecule has 1 aromatic carbocycles. The van der Waals surface area contributed by atoms with Crippen LogP contribution in [0.2, 0.25) is 0 Å². The van der Waals surface area contributed by atoms with E-state index < -0.39 is 0 Å². The van der Waals surface area contributed by atoms with Gasteiger partial charge in [-0.1, -0.05) is 36.4 Å². The molecule has 1 saturated heterocycles. The number of pyridine rings is 1. The summed E-state index contributed by atoms with van der Waals surface area (Å²) in [6.07, 6.45) is 4.49. The first-order chi connectivity index (χ1) is 10.8. The van der Waals surface area contributed by atoms with Crippen LogP contribution in [-0.4, -0.2) is 30.5 Å². The summed E-state index contributed by atoms with van der Waals surface area (Å²) in [5.74, 6) is 0.334. The van der Waals surface area contributed by atoms with Crippen LogP contribution < -0.4 is 10.6 Å². The van der Waals surface area contributed by atoms with Crippen molar-refractivity contribution in [2.45, 2.75) is 12.3 Å². The summed E-state index contributed by atoms with van der Waals surface area (Å²) >= 11 is 0. The number of carbonyl (C=O) groups excluding carboxylic acids is 1. The van der Waals surface area contributed by atoms with Gasteiger partial charge >= 0.3 is 0 Å². The molecule has 0 aliphatic carbocycles. The highest BCUT2D eigenvalue weighted by molar-refractivity contribution is 5.80. The highest BCUT2D eigenvalue weighted by Gasteiger charge is 2.33. The molecule has 4 nitrogen and oxygen atoms in total. The second kappa shape index (κ2) is 7.18. The summed E-state index contributed by atoms with van der Waals surface area (Å²) in [5, 5.41) is 6.39. The zero-order valence-electron chi connectivity index (χ0n) is 12.5. The first-order valence-electron chi connectivity index (χ1n) is 7.77. The molecule has 4 heteroatoms. The van der Waals surface area contributed by atoms with Crippen molar-refractivity contribution in [3.63, 3.8) is 0 Å². The lowest BCUT2D eigenvalue weighted by atomic mass is 9.89. The lowest BCUT2D eigenvalue weighted by molar-refractivity contribution is -0.124. The zero-order valence-corrected chi connectivity index (χ0v) is 12.5. The Balaban J connectivity index is 1.55. The van der Waals surface area contributed by atoms with Crippen LogP contribution in [0.25, 0.3) is 0 Å². The predicted octanol–water partition coefficient (Wildman–Crippen LogP) is 1.74. The normalized spacial score (nSPS) is 20.7. The molecule has 0 bridgehead atoms. The molecule has 2 N–H and O–H groups in total. The van der Waals surface area contributed by atoms with Gasteiger partial charge in [0.2, 0.25) is 5.91 Å². The third kappa shape index (κ3) is 3.52. The first kappa shape index (κ1) is 14.7. The summed E-state index contributed by atoms with van der Waals surface area (Å²) in [6.45, 7) is 2.25. The van der Waals surface area contributed by atoms with E-state index in [-0.39, 0.29) is 17.7 Å². The molecule has 0 unspecified atom stereocenters. The maximum atomic E-state index is 12.4. The predicted molar refractivity (Wildman–Crippen MR) is 86.5 cm³/mol. The van der Waals surface area contributed by atoms with Crippen LogP contribution in [0, 0.1) is 5.92 Å². The maximum Gasteiger partial charge on any atom is 0.225 e. The van der Waals surface area contributed by atoms with E-state index in [1.54, 1.807) is 6.20 Å². The molecule has 0 saturated carbocycles. The number of hydrogen-bond donors (Lipinski definition) is 2. The van der Waals surface area contributed by atoms with Crippen molar-refractivity contribution in [2.75, 3.05) is 19.6 Å². The first-order valence-corrected chi connectivity index (χ1v) is 7.77. The number of nitrogens with zero attached hydrogens (tertiary/aromatic N) is 1. The fourth-order valence-electron chi connectivity index (χ4n) is 3.01. The number of rotatable bonds is 5. The Morgan fingerprint density at radius 1 is 1.18 bits per heavy atom. The van der Waals surface area contributed by atoms with Crippen LogP contribution in [0.5, 0.6) is 0 Å². The smallest absolute Gasteiger partial charge is 0.225 e. The summed E-state index contributed by atoms with van der Waals surface area (Å²) in [6, 6.07) is 14.2. The van der Waals surface area contributed by atoms with Gasteiger partial charge in [0.1, 0.15) is 0 Å². The largest absolute Gasteiger partial charge is 0.355 e. The molecule has 22 heavy (non-hydrogen) atoms. The minimum atomic E-state index is -0.0139. The van der Waals surface area contributed by atoms with E-state index in [0.717, 1.165) is 25.1 Å². The molecule has 2 atom stereocenters. The second-order valence-corrected chi connectivity index (χ2v) is 5.68. The molecule has 0 spiro atoms. The van der Waals surface area contributed by atoms with Crippen molar-refractivity contribution < 1.29 is 4.79 Å². The number of nitrogens with one attached hydrogen (secondary N) is 2. The molecule has 3 rings (SSSR count). The van der Waals surface area contributed by atoms with Gasteiger partial charge in [-0.2, -0.15) is 0 Å². The van der Waals surface area contributed by atoms with Crippen molar-refractivity contribution in [1.82, 2.24) is 15.6 Å². The monoisotopic (exact) mass is 295 g/mol. The minimum Gasteiger partial charge on any atom is -0.355 e.